The molecule has 0 saturated heterocycles. The second-order valence-electron chi connectivity index (χ2n) is 2.30. The lowest BCUT2D eigenvalue weighted by molar-refractivity contribution is 0.0683. The van der Waals surface area contributed by atoms with Crippen molar-refractivity contribution in [3.63, 3.8) is 0 Å². The van der Waals surface area contributed by atoms with Crippen molar-refractivity contribution in [2.45, 2.75) is 19.2 Å². The average molecular weight is 186 g/mol. The van der Waals surface area contributed by atoms with Gasteiger partial charge in [0, 0.05) is 12.3 Å². The SMILES string of the molecule is CCn1nc(CS)cc1C(=O)O. The van der Waals surface area contributed by atoms with Crippen LogP contribution in [0.25, 0.3) is 0 Å². The van der Waals surface area contributed by atoms with Gasteiger partial charge < -0.3 is 5.11 Å². The molecule has 4 nitrogen and oxygen atoms in total. The van der Waals surface area contributed by atoms with E-state index in [1.807, 2.05) is 6.92 Å². The Labute approximate surface area is 75.6 Å². The van der Waals surface area contributed by atoms with Crippen LogP contribution in [0.2, 0.25) is 0 Å². The van der Waals surface area contributed by atoms with E-state index >= 15 is 0 Å². The molecule has 0 aliphatic carbocycles. The van der Waals surface area contributed by atoms with Gasteiger partial charge in [0.1, 0.15) is 5.69 Å². The van der Waals surface area contributed by atoms with Gasteiger partial charge in [-0.3, -0.25) is 4.68 Å². The van der Waals surface area contributed by atoms with E-state index in [0.717, 1.165) is 0 Å². The van der Waals surface area contributed by atoms with Crippen LogP contribution >= 0.6 is 12.6 Å². The first kappa shape index (κ1) is 9.12. The number of hydrogen-bond donors (Lipinski definition) is 2. The molecule has 0 fully saturated rings. The van der Waals surface area contributed by atoms with Crippen molar-refractivity contribution in [1.29, 1.82) is 0 Å². The number of thiol groups is 1. The minimum Gasteiger partial charge on any atom is -0.477 e. The molecule has 0 aromatic carbocycles. The predicted molar refractivity (Wildman–Crippen MR) is 47.6 cm³/mol. The molecule has 0 spiro atoms. The number of aromatic carboxylic acids is 1. The Kier molecular flexibility index (Phi) is 2.75. The summed E-state index contributed by atoms with van der Waals surface area (Å²) in [7, 11) is 0. The number of carbonyl (C=O) groups is 1. The van der Waals surface area contributed by atoms with Crippen LogP contribution in [-0.2, 0) is 12.3 Å². The van der Waals surface area contributed by atoms with E-state index in [1.54, 1.807) is 6.07 Å². The maximum Gasteiger partial charge on any atom is 0.354 e. The Morgan fingerprint density at radius 1 is 1.83 bits per heavy atom. The monoisotopic (exact) mass is 186 g/mol. The summed E-state index contributed by atoms with van der Waals surface area (Å²) < 4.78 is 1.45. The minimum absolute atomic E-state index is 0.224. The minimum atomic E-state index is -0.947. The molecule has 0 saturated carbocycles. The molecule has 0 bridgehead atoms. The molecule has 0 radical (unpaired) electrons. The van der Waals surface area contributed by atoms with Crippen molar-refractivity contribution in [2.75, 3.05) is 0 Å². The molecule has 1 aromatic heterocycles. The van der Waals surface area contributed by atoms with Crippen molar-refractivity contribution in [3.8, 4) is 0 Å². The normalized spacial score (nSPS) is 10.2. The lowest BCUT2D eigenvalue weighted by Gasteiger charge is -1.97. The quantitative estimate of drug-likeness (QED) is 0.693. The molecular formula is C7H10N2O2S. The summed E-state index contributed by atoms with van der Waals surface area (Å²) in [5.41, 5.74) is 0.916. The number of nitrogens with zero attached hydrogens (tertiary/aromatic N) is 2. The highest BCUT2D eigenvalue weighted by molar-refractivity contribution is 7.79. The van der Waals surface area contributed by atoms with Gasteiger partial charge in [-0.15, -0.1) is 0 Å². The van der Waals surface area contributed by atoms with E-state index in [9.17, 15) is 4.79 Å². The zero-order chi connectivity index (χ0) is 9.14. The number of aryl methyl sites for hydroxylation is 1. The highest BCUT2D eigenvalue weighted by atomic mass is 32.1. The fourth-order valence-corrected chi connectivity index (χ4v) is 1.12. The Bertz CT molecular complexity index is 296. The molecule has 66 valence electrons. The van der Waals surface area contributed by atoms with Crippen LogP contribution in [0.3, 0.4) is 0 Å². The van der Waals surface area contributed by atoms with Gasteiger partial charge in [0.2, 0.25) is 0 Å². The van der Waals surface area contributed by atoms with Crippen molar-refractivity contribution in [1.82, 2.24) is 9.78 Å². The maximum absolute atomic E-state index is 10.6. The molecule has 1 rings (SSSR count). The van der Waals surface area contributed by atoms with E-state index in [4.69, 9.17) is 5.11 Å². The van der Waals surface area contributed by atoms with Gasteiger partial charge in [-0.05, 0) is 13.0 Å². The van der Waals surface area contributed by atoms with Crippen LogP contribution < -0.4 is 0 Å². The third kappa shape index (κ3) is 1.61. The number of hydrogen-bond acceptors (Lipinski definition) is 3. The molecule has 1 aromatic rings. The Morgan fingerprint density at radius 2 is 2.50 bits per heavy atom. The van der Waals surface area contributed by atoms with Crippen molar-refractivity contribution in [3.05, 3.63) is 17.5 Å². The van der Waals surface area contributed by atoms with Gasteiger partial charge in [-0.1, -0.05) is 0 Å². The van der Waals surface area contributed by atoms with Crippen LogP contribution in [-0.4, -0.2) is 20.9 Å². The first-order valence-corrected chi connectivity index (χ1v) is 4.23. The zero-order valence-electron chi connectivity index (χ0n) is 6.69. The van der Waals surface area contributed by atoms with E-state index in [2.05, 4.69) is 17.7 Å². The molecule has 0 atom stereocenters. The highest BCUT2D eigenvalue weighted by Crippen LogP contribution is 2.06. The number of rotatable bonds is 3. The van der Waals surface area contributed by atoms with Gasteiger partial charge in [0.05, 0.1) is 5.69 Å². The second kappa shape index (κ2) is 3.62. The third-order valence-electron chi connectivity index (χ3n) is 1.51. The average Bonchev–Trinajstić information content (AvgIpc) is 2.47. The summed E-state index contributed by atoms with van der Waals surface area (Å²) in [6.45, 7) is 2.41. The van der Waals surface area contributed by atoms with Crippen LogP contribution in [0, 0.1) is 0 Å². The molecule has 0 aliphatic rings. The Hall–Kier alpha value is -0.970. The summed E-state index contributed by atoms with van der Waals surface area (Å²) in [6.07, 6.45) is 0. The first-order chi connectivity index (χ1) is 5.69. The van der Waals surface area contributed by atoms with E-state index in [-0.39, 0.29) is 5.69 Å². The van der Waals surface area contributed by atoms with Crippen LogP contribution in [0.4, 0.5) is 0 Å². The van der Waals surface area contributed by atoms with Crippen LogP contribution in [0.15, 0.2) is 6.07 Å². The van der Waals surface area contributed by atoms with Crippen LogP contribution in [0.5, 0.6) is 0 Å². The predicted octanol–water partition coefficient (Wildman–Crippen LogP) is 1.03. The molecular weight excluding hydrogens is 176 g/mol. The van der Waals surface area contributed by atoms with Crippen molar-refractivity contribution >= 4 is 18.6 Å². The van der Waals surface area contributed by atoms with E-state index in [0.29, 0.717) is 18.0 Å². The fourth-order valence-electron chi connectivity index (χ4n) is 0.961. The molecule has 1 N–H and O–H groups in total. The smallest absolute Gasteiger partial charge is 0.354 e. The number of aromatic nitrogens is 2. The maximum atomic E-state index is 10.6. The summed E-state index contributed by atoms with van der Waals surface area (Å²) in [5, 5.41) is 12.7. The summed E-state index contributed by atoms with van der Waals surface area (Å²) in [5.74, 6) is -0.481. The number of carboxylic acids is 1. The lowest BCUT2D eigenvalue weighted by Crippen LogP contribution is -2.08. The Morgan fingerprint density at radius 3 is 2.83 bits per heavy atom. The largest absolute Gasteiger partial charge is 0.477 e. The van der Waals surface area contributed by atoms with Gasteiger partial charge in [-0.2, -0.15) is 17.7 Å². The van der Waals surface area contributed by atoms with E-state index in [1.165, 1.54) is 4.68 Å². The molecule has 0 aliphatic heterocycles. The molecule has 0 unspecified atom stereocenters. The van der Waals surface area contributed by atoms with E-state index < -0.39 is 5.97 Å². The lowest BCUT2D eigenvalue weighted by atomic mass is 10.4. The van der Waals surface area contributed by atoms with Gasteiger partial charge in [-0.25, -0.2) is 4.79 Å². The Balaban J connectivity index is 3.08. The first-order valence-electron chi connectivity index (χ1n) is 3.60. The fraction of sp³-hybridized carbons (Fsp3) is 0.429. The third-order valence-corrected chi connectivity index (χ3v) is 1.84. The van der Waals surface area contributed by atoms with Gasteiger partial charge in [0.25, 0.3) is 0 Å². The second-order valence-corrected chi connectivity index (χ2v) is 2.62. The molecule has 5 heteroatoms. The van der Waals surface area contributed by atoms with Gasteiger partial charge >= 0.3 is 5.97 Å². The zero-order valence-corrected chi connectivity index (χ0v) is 7.58. The molecule has 1 heterocycles. The molecule has 12 heavy (non-hydrogen) atoms. The van der Waals surface area contributed by atoms with Crippen molar-refractivity contribution < 1.29 is 9.90 Å². The van der Waals surface area contributed by atoms with Crippen molar-refractivity contribution in [2.24, 2.45) is 0 Å². The summed E-state index contributed by atoms with van der Waals surface area (Å²) >= 11 is 4.01. The highest BCUT2D eigenvalue weighted by Gasteiger charge is 2.11. The standard InChI is InChI=1S/C7H10N2O2S/c1-2-9-6(7(10)11)3-5(4-12)8-9/h3,12H,2,4H2,1H3,(H,10,11). The van der Waals surface area contributed by atoms with Gasteiger partial charge in [0.15, 0.2) is 0 Å². The van der Waals surface area contributed by atoms with Crippen LogP contribution in [0.1, 0.15) is 23.1 Å². The topological polar surface area (TPSA) is 55.1 Å². The number of carboxylic acid groups (broad SMARTS) is 1. The molecule has 0 amide bonds. The summed E-state index contributed by atoms with van der Waals surface area (Å²) in [6, 6.07) is 1.54. The summed E-state index contributed by atoms with van der Waals surface area (Å²) in [4.78, 5) is 10.6.